The fourth-order valence-electron chi connectivity index (χ4n) is 6.07. The van der Waals surface area contributed by atoms with Crippen molar-refractivity contribution in [1.29, 1.82) is 0 Å². The van der Waals surface area contributed by atoms with Crippen molar-refractivity contribution < 1.29 is 23.7 Å². The number of carbonyl (C=O) groups is 1. The van der Waals surface area contributed by atoms with Crippen LogP contribution < -0.4 is 0 Å². The topological polar surface area (TPSA) is 54.0 Å². The van der Waals surface area contributed by atoms with Gasteiger partial charge in [-0.1, -0.05) is 26.0 Å². The van der Waals surface area contributed by atoms with Crippen molar-refractivity contribution in [2.24, 2.45) is 17.3 Å². The highest BCUT2D eigenvalue weighted by molar-refractivity contribution is 5.81. The standard InChI is InChI=1S/C23H32O5/c1-13(2)17-18(25-4)14-8-9-16-22(3)10-7-11-23(16,28-21(22)24)12-15(14)19(26-5)20(17)27-6/h8-9,13,16,18-19H,7,10-12H2,1-6H3/t16-,18?,19?,22+,23+/m1/s1. The third-order valence-corrected chi connectivity index (χ3v) is 7.36. The van der Waals surface area contributed by atoms with E-state index < -0.39 is 11.0 Å². The van der Waals surface area contributed by atoms with E-state index in [-0.39, 0.29) is 30.0 Å². The largest absolute Gasteiger partial charge is 0.498 e. The maximum atomic E-state index is 12.8. The van der Waals surface area contributed by atoms with E-state index in [1.165, 1.54) is 0 Å². The van der Waals surface area contributed by atoms with Gasteiger partial charge in [0, 0.05) is 32.1 Å². The molecule has 0 aromatic heterocycles. The van der Waals surface area contributed by atoms with Gasteiger partial charge in [0.15, 0.2) is 0 Å². The van der Waals surface area contributed by atoms with Gasteiger partial charge in [-0.05, 0) is 43.3 Å². The van der Waals surface area contributed by atoms with Gasteiger partial charge in [-0.3, -0.25) is 4.79 Å². The van der Waals surface area contributed by atoms with Gasteiger partial charge >= 0.3 is 5.97 Å². The second-order valence-corrected chi connectivity index (χ2v) is 9.13. The molecular weight excluding hydrogens is 356 g/mol. The van der Waals surface area contributed by atoms with Crippen molar-refractivity contribution >= 4 is 5.97 Å². The van der Waals surface area contributed by atoms with Crippen LogP contribution in [0.15, 0.2) is 34.6 Å². The first kappa shape index (κ1) is 19.7. The van der Waals surface area contributed by atoms with Gasteiger partial charge in [0.25, 0.3) is 0 Å². The van der Waals surface area contributed by atoms with Crippen molar-refractivity contribution in [2.45, 2.75) is 64.3 Å². The fraction of sp³-hybridized carbons (Fsp3) is 0.696. The summed E-state index contributed by atoms with van der Waals surface area (Å²) in [7, 11) is 5.16. The van der Waals surface area contributed by atoms with Crippen LogP contribution in [0.4, 0.5) is 0 Å². The van der Waals surface area contributed by atoms with Gasteiger partial charge in [0.2, 0.25) is 0 Å². The highest BCUT2D eigenvalue weighted by Crippen LogP contribution is 2.60. The Morgan fingerprint density at radius 3 is 2.46 bits per heavy atom. The van der Waals surface area contributed by atoms with Gasteiger partial charge in [-0.15, -0.1) is 0 Å². The van der Waals surface area contributed by atoms with Gasteiger partial charge in [-0.2, -0.15) is 0 Å². The molecule has 0 aromatic rings. The van der Waals surface area contributed by atoms with Gasteiger partial charge in [0.1, 0.15) is 23.6 Å². The monoisotopic (exact) mass is 388 g/mol. The normalized spacial score (nSPS) is 39.7. The minimum atomic E-state index is -0.485. The van der Waals surface area contributed by atoms with Gasteiger partial charge in [-0.25, -0.2) is 0 Å². The molecule has 3 aliphatic carbocycles. The SMILES string of the molecule is COC1=C(C(C)C)C(OC)C2=C(C[C@]34CCC[C@](C)(C(=O)O3)[C@H]4C=C2)C1OC. The molecule has 0 aromatic carbocycles. The van der Waals surface area contributed by atoms with E-state index in [4.69, 9.17) is 18.9 Å². The van der Waals surface area contributed by atoms with Crippen molar-refractivity contribution in [3.63, 3.8) is 0 Å². The summed E-state index contributed by atoms with van der Waals surface area (Å²) in [6.07, 6.45) is 7.36. The number of esters is 1. The van der Waals surface area contributed by atoms with E-state index >= 15 is 0 Å². The average Bonchev–Trinajstić information content (AvgIpc) is 2.79. The highest BCUT2D eigenvalue weighted by atomic mass is 16.6. The lowest BCUT2D eigenvalue weighted by Gasteiger charge is -2.42. The quantitative estimate of drug-likeness (QED) is 0.683. The molecule has 1 heterocycles. The minimum Gasteiger partial charge on any atom is -0.498 e. The second-order valence-electron chi connectivity index (χ2n) is 9.13. The Kier molecular flexibility index (Phi) is 4.74. The summed E-state index contributed by atoms with van der Waals surface area (Å²) in [6, 6.07) is 0. The van der Waals surface area contributed by atoms with Crippen molar-refractivity contribution in [2.75, 3.05) is 21.3 Å². The number of rotatable bonds is 4. The zero-order valence-corrected chi connectivity index (χ0v) is 17.8. The molecule has 2 unspecified atom stereocenters. The number of ether oxygens (including phenoxy) is 4. The van der Waals surface area contributed by atoms with E-state index in [1.54, 1.807) is 21.3 Å². The molecule has 0 spiro atoms. The molecule has 5 nitrogen and oxygen atoms in total. The van der Waals surface area contributed by atoms with Crippen LogP contribution in [0.25, 0.3) is 0 Å². The van der Waals surface area contributed by atoms with Crippen LogP contribution in [0.1, 0.15) is 46.5 Å². The predicted octanol–water partition coefficient (Wildman–Crippen LogP) is 3.95. The zero-order chi connectivity index (χ0) is 20.3. The second kappa shape index (κ2) is 6.74. The molecule has 28 heavy (non-hydrogen) atoms. The minimum absolute atomic E-state index is 0.0536. The van der Waals surface area contributed by atoms with E-state index in [1.807, 2.05) is 0 Å². The van der Waals surface area contributed by atoms with E-state index in [0.29, 0.717) is 6.42 Å². The van der Waals surface area contributed by atoms with Crippen LogP contribution in [-0.2, 0) is 23.7 Å². The van der Waals surface area contributed by atoms with Crippen LogP contribution in [-0.4, -0.2) is 45.1 Å². The molecule has 1 saturated heterocycles. The highest BCUT2D eigenvalue weighted by Gasteiger charge is 2.64. The van der Waals surface area contributed by atoms with Gasteiger partial charge in [0.05, 0.1) is 12.5 Å². The first-order valence-corrected chi connectivity index (χ1v) is 10.3. The van der Waals surface area contributed by atoms with Crippen molar-refractivity contribution in [3.05, 3.63) is 34.6 Å². The summed E-state index contributed by atoms with van der Waals surface area (Å²) in [5, 5.41) is 0. The number of carbonyl (C=O) groups excluding carboxylic acids is 1. The Labute approximate surface area is 167 Å². The molecule has 0 amide bonds. The molecule has 5 heteroatoms. The fourth-order valence-corrected chi connectivity index (χ4v) is 6.07. The molecule has 2 bridgehead atoms. The molecule has 1 saturated carbocycles. The Bertz CT molecular complexity index is 776. The Morgan fingerprint density at radius 2 is 1.86 bits per heavy atom. The first-order chi connectivity index (χ1) is 13.3. The smallest absolute Gasteiger partial charge is 0.313 e. The maximum Gasteiger partial charge on any atom is 0.313 e. The van der Waals surface area contributed by atoms with Crippen LogP contribution in [0.2, 0.25) is 0 Å². The molecule has 4 aliphatic rings. The lowest BCUT2D eigenvalue weighted by Crippen LogP contribution is -2.44. The molecule has 2 fully saturated rings. The predicted molar refractivity (Wildman–Crippen MR) is 106 cm³/mol. The lowest BCUT2D eigenvalue weighted by molar-refractivity contribution is -0.152. The summed E-state index contributed by atoms with van der Waals surface area (Å²) in [5.41, 5.74) is 2.45. The molecule has 4 rings (SSSR count). The van der Waals surface area contributed by atoms with E-state index in [2.05, 4.69) is 32.9 Å². The summed E-state index contributed by atoms with van der Waals surface area (Å²) < 4.78 is 23.9. The summed E-state index contributed by atoms with van der Waals surface area (Å²) in [5.74, 6) is 1.11. The number of methoxy groups -OCH3 is 3. The Morgan fingerprint density at radius 1 is 1.14 bits per heavy atom. The van der Waals surface area contributed by atoms with Crippen LogP contribution in [0.5, 0.6) is 0 Å². The maximum absolute atomic E-state index is 12.8. The molecule has 1 aliphatic heterocycles. The molecule has 5 atom stereocenters. The third-order valence-electron chi connectivity index (χ3n) is 7.36. The van der Waals surface area contributed by atoms with E-state index in [9.17, 15) is 4.79 Å². The molecule has 0 radical (unpaired) electrons. The Balaban J connectivity index is 1.86. The lowest BCUT2D eigenvalue weighted by atomic mass is 9.61. The average molecular weight is 389 g/mol. The van der Waals surface area contributed by atoms with Gasteiger partial charge < -0.3 is 18.9 Å². The number of hydrogen-bond donors (Lipinski definition) is 0. The Hall–Kier alpha value is -1.59. The molecule has 154 valence electrons. The first-order valence-electron chi connectivity index (χ1n) is 10.3. The zero-order valence-electron chi connectivity index (χ0n) is 17.8. The van der Waals surface area contributed by atoms with Crippen molar-refractivity contribution in [1.82, 2.24) is 0 Å². The van der Waals surface area contributed by atoms with Crippen LogP contribution in [0.3, 0.4) is 0 Å². The summed E-state index contributed by atoms with van der Waals surface area (Å²) >= 11 is 0. The third kappa shape index (κ3) is 2.48. The van der Waals surface area contributed by atoms with Crippen LogP contribution >= 0.6 is 0 Å². The number of hydrogen-bond acceptors (Lipinski definition) is 5. The molecule has 0 N–H and O–H groups in total. The van der Waals surface area contributed by atoms with Crippen molar-refractivity contribution in [3.8, 4) is 0 Å². The van der Waals surface area contributed by atoms with E-state index in [0.717, 1.165) is 41.7 Å². The summed E-state index contributed by atoms with van der Waals surface area (Å²) in [6.45, 7) is 6.38. The molecular formula is C23H32O5. The van der Waals surface area contributed by atoms with Crippen LogP contribution in [0, 0.1) is 17.3 Å². The summed E-state index contributed by atoms with van der Waals surface area (Å²) in [4.78, 5) is 12.8.